The molecular weight excluding hydrogens is 574 g/mol. The van der Waals surface area contributed by atoms with Crippen molar-refractivity contribution in [1.29, 1.82) is 5.26 Å². The molecule has 4 nitrogen and oxygen atoms in total. The molecule has 0 aliphatic rings. The zero-order valence-electron chi connectivity index (χ0n) is 25.2. The second-order valence-corrected chi connectivity index (χ2v) is 12.0. The molecule has 0 radical (unpaired) electrons. The summed E-state index contributed by atoms with van der Waals surface area (Å²) in [5.41, 5.74) is 10.9. The molecule has 47 heavy (non-hydrogen) atoms. The van der Waals surface area contributed by atoms with Crippen LogP contribution in [0.4, 0.5) is 0 Å². The molecule has 10 aromatic rings. The van der Waals surface area contributed by atoms with Crippen molar-refractivity contribution < 1.29 is 4.42 Å². The van der Waals surface area contributed by atoms with E-state index in [1.54, 1.807) is 0 Å². The zero-order valence-corrected chi connectivity index (χ0v) is 25.2. The van der Waals surface area contributed by atoms with Gasteiger partial charge in [-0.2, -0.15) is 5.26 Å². The topological polar surface area (TPSA) is 46.8 Å². The second-order valence-electron chi connectivity index (χ2n) is 12.0. The van der Waals surface area contributed by atoms with Gasteiger partial charge >= 0.3 is 0 Å². The third kappa shape index (κ3) is 3.63. The van der Waals surface area contributed by atoms with Crippen LogP contribution in [0.5, 0.6) is 0 Å². The first kappa shape index (κ1) is 25.7. The van der Waals surface area contributed by atoms with Crippen molar-refractivity contribution in [3.05, 3.63) is 157 Å². The van der Waals surface area contributed by atoms with Crippen LogP contribution in [-0.2, 0) is 0 Å². The molecule has 0 fully saturated rings. The van der Waals surface area contributed by atoms with Crippen LogP contribution in [-0.4, -0.2) is 9.13 Å². The highest BCUT2D eigenvalue weighted by Gasteiger charge is 2.20. The SMILES string of the molecule is N#Cc1cc(-c2ccc(-n3c4ccccc4c4ccccc43)cc2)ccc1-n1c2ccccc2c2c3c(ccc21)oc1ccccc13. The first-order valence-electron chi connectivity index (χ1n) is 15.8. The number of furan rings is 1. The van der Waals surface area contributed by atoms with Gasteiger partial charge in [-0.05, 0) is 71.8 Å². The molecule has 0 unspecified atom stereocenters. The monoisotopic (exact) mass is 599 g/mol. The molecule has 3 heterocycles. The van der Waals surface area contributed by atoms with E-state index < -0.39 is 0 Å². The van der Waals surface area contributed by atoms with Gasteiger partial charge in [0, 0.05) is 38.0 Å². The molecular formula is C43H25N3O. The number of nitrogens with zero attached hydrogens (tertiary/aromatic N) is 3. The van der Waals surface area contributed by atoms with Crippen LogP contribution < -0.4 is 0 Å². The summed E-state index contributed by atoms with van der Waals surface area (Å²) in [5, 5.41) is 17.5. The number of para-hydroxylation sites is 4. The maximum absolute atomic E-state index is 10.5. The smallest absolute Gasteiger partial charge is 0.136 e. The Labute approximate surface area is 269 Å². The number of rotatable bonds is 3. The van der Waals surface area contributed by atoms with Gasteiger partial charge in [0.05, 0.1) is 33.3 Å². The molecule has 0 aliphatic heterocycles. The van der Waals surface area contributed by atoms with Crippen molar-refractivity contribution in [2.24, 2.45) is 0 Å². The molecule has 0 N–H and O–H groups in total. The summed E-state index contributed by atoms with van der Waals surface area (Å²) < 4.78 is 10.8. The minimum absolute atomic E-state index is 0.619. The summed E-state index contributed by atoms with van der Waals surface area (Å²) in [4.78, 5) is 0. The van der Waals surface area contributed by atoms with E-state index in [2.05, 4.69) is 143 Å². The van der Waals surface area contributed by atoms with E-state index in [0.717, 1.165) is 66.2 Å². The zero-order chi connectivity index (χ0) is 31.1. The lowest BCUT2D eigenvalue weighted by atomic mass is 10.0. The largest absolute Gasteiger partial charge is 0.456 e. The van der Waals surface area contributed by atoms with Gasteiger partial charge in [0.2, 0.25) is 0 Å². The van der Waals surface area contributed by atoms with Crippen molar-refractivity contribution >= 4 is 65.6 Å². The van der Waals surface area contributed by atoms with Gasteiger partial charge in [-0.3, -0.25) is 0 Å². The Hall–Kier alpha value is -6.57. The summed E-state index contributed by atoms with van der Waals surface area (Å²) in [5.74, 6) is 0. The van der Waals surface area contributed by atoms with Crippen LogP contribution in [0.25, 0.3) is 88.1 Å². The van der Waals surface area contributed by atoms with Gasteiger partial charge in [0.25, 0.3) is 0 Å². The lowest BCUT2D eigenvalue weighted by molar-refractivity contribution is 0.669. The highest BCUT2D eigenvalue weighted by atomic mass is 16.3. The van der Waals surface area contributed by atoms with Crippen LogP contribution in [0.1, 0.15) is 5.56 Å². The molecule has 218 valence electrons. The summed E-state index contributed by atoms with van der Waals surface area (Å²) in [7, 11) is 0. The Kier molecular flexibility index (Phi) is 5.32. The third-order valence-corrected chi connectivity index (χ3v) is 9.57. The number of hydrogen-bond acceptors (Lipinski definition) is 2. The predicted molar refractivity (Wildman–Crippen MR) is 193 cm³/mol. The van der Waals surface area contributed by atoms with E-state index in [4.69, 9.17) is 4.42 Å². The van der Waals surface area contributed by atoms with E-state index in [1.807, 2.05) is 24.3 Å². The van der Waals surface area contributed by atoms with Crippen molar-refractivity contribution in [3.8, 4) is 28.6 Å². The summed E-state index contributed by atoms with van der Waals surface area (Å²) >= 11 is 0. The van der Waals surface area contributed by atoms with Crippen LogP contribution in [0.2, 0.25) is 0 Å². The summed E-state index contributed by atoms with van der Waals surface area (Å²) in [6, 6.07) is 55.2. The van der Waals surface area contributed by atoms with Crippen molar-refractivity contribution in [2.75, 3.05) is 0 Å². The fourth-order valence-corrected chi connectivity index (χ4v) is 7.54. The Morgan fingerprint density at radius 3 is 1.74 bits per heavy atom. The van der Waals surface area contributed by atoms with Crippen molar-refractivity contribution in [3.63, 3.8) is 0 Å². The lowest BCUT2D eigenvalue weighted by Gasteiger charge is -2.13. The first-order valence-corrected chi connectivity index (χ1v) is 15.8. The van der Waals surface area contributed by atoms with Gasteiger partial charge in [-0.15, -0.1) is 0 Å². The van der Waals surface area contributed by atoms with Gasteiger partial charge in [-0.1, -0.05) is 91.0 Å². The van der Waals surface area contributed by atoms with Crippen molar-refractivity contribution in [1.82, 2.24) is 9.13 Å². The summed E-state index contributed by atoms with van der Waals surface area (Å²) in [6.07, 6.45) is 0. The standard InChI is InChI=1S/C43H25N3O/c44-26-29-25-28(27-17-20-30(21-18-27)45-36-13-5-1-9-31(36)32-10-2-6-14-37(32)45)19-22-35(29)46-38-15-7-3-11-33(38)42-39(46)23-24-41-43(42)34-12-4-8-16-40(34)47-41/h1-25H. The molecule has 0 saturated carbocycles. The van der Waals surface area contributed by atoms with Gasteiger partial charge in [0.15, 0.2) is 0 Å². The number of hydrogen-bond donors (Lipinski definition) is 0. The predicted octanol–water partition coefficient (Wildman–Crippen LogP) is 11.3. The molecule has 0 amide bonds. The van der Waals surface area contributed by atoms with E-state index >= 15 is 0 Å². The van der Waals surface area contributed by atoms with E-state index in [-0.39, 0.29) is 0 Å². The average Bonchev–Trinajstić information content (AvgIpc) is 3.79. The van der Waals surface area contributed by atoms with Crippen LogP contribution in [0.15, 0.2) is 156 Å². The van der Waals surface area contributed by atoms with Gasteiger partial charge in [0.1, 0.15) is 17.2 Å². The van der Waals surface area contributed by atoms with Crippen LogP contribution >= 0.6 is 0 Å². The Bertz CT molecular complexity index is 2860. The molecule has 10 rings (SSSR count). The molecule has 0 atom stereocenters. The first-order chi connectivity index (χ1) is 23.3. The van der Waals surface area contributed by atoms with E-state index in [1.165, 1.54) is 21.8 Å². The Balaban J connectivity index is 1.12. The fraction of sp³-hybridized carbons (Fsp3) is 0. The maximum Gasteiger partial charge on any atom is 0.136 e. The molecule has 0 aliphatic carbocycles. The number of fused-ring (bicyclic) bond motifs is 10. The molecule has 4 heteroatoms. The minimum atomic E-state index is 0.619. The third-order valence-electron chi connectivity index (χ3n) is 9.57. The van der Waals surface area contributed by atoms with Crippen LogP contribution in [0.3, 0.4) is 0 Å². The number of nitriles is 1. The Morgan fingerprint density at radius 1 is 0.447 bits per heavy atom. The van der Waals surface area contributed by atoms with Crippen molar-refractivity contribution in [2.45, 2.75) is 0 Å². The molecule has 0 saturated heterocycles. The minimum Gasteiger partial charge on any atom is -0.456 e. The summed E-state index contributed by atoms with van der Waals surface area (Å²) in [6.45, 7) is 0. The molecule has 0 bridgehead atoms. The van der Waals surface area contributed by atoms with Gasteiger partial charge in [-0.25, -0.2) is 0 Å². The van der Waals surface area contributed by atoms with E-state index in [0.29, 0.717) is 5.56 Å². The number of benzene rings is 7. The highest BCUT2D eigenvalue weighted by Crippen LogP contribution is 2.42. The lowest BCUT2D eigenvalue weighted by Crippen LogP contribution is -1.98. The second kappa shape index (κ2) is 9.71. The average molecular weight is 600 g/mol. The number of aromatic nitrogens is 2. The van der Waals surface area contributed by atoms with Crippen LogP contribution in [0, 0.1) is 11.3 Å². The highest BCUT2D eigenvalue weighted by molar-refractivity contribution is 6.27. The quantitative estimate of drug-likeness (QED) is 0.203. The van der Waals surface area contributed by atoms with E-state index in [9.17, 15) is 5.26 Å². The molecule has 0 spiro atoms. The fourth-order valence-electron chi connectivity index (χ4n) is 7.54. The van der Waals surface area contributed by atoms with Gasteiger partial charge < -0.3 is 13.6 Å². The Morgan fingerprint density at radius 2 is 1.04 bits per heavy atom. The normalized spacial score (nSPS) is 11.8. The molecule has 3 aromatic heterocycles. The maximum atomic E-state index is 10.5. The molecule has 7 aromatic carbocycles.